The van der Waals surface area contributed by atoms with Gasteiger partial charge in [-0.1, -0.05) is 12.8 Å². The van der Waals surface area contributed by atoms with Gasteiger partial charge in [0.1, 0.15) is 0 Å². The molecule has 1 saturated heterocycles. The molecule has 0 aromatic heterocycles. The molecular formula is C10H20N2. The lowest BCUT2D eigenvalue weighted by Crippen LogP contribution is -2.49. The van der Waals surface area contributed by atoms with Crippen LogP contribution in [0.3, 0.4) is 0 Å². The van der Waals surface area contributed by atoms with Gasteiger partial charge >= 0.3 is 0 Å². The van der Waals surface area contributed by atoms with E-state index >= 15 is 0 Å². The fourth-order valence-electron chi connectivity index (χ4n) is 1.99. The maximum absolute atomic E-state index is 3.47. The van der Waals surface area contributed by atoms with Gasteiger partial charge in [-0.3, -0.25) is 0 Å². The predicted octanol–water partition coefficient (Wildman–Crippen LogP) is 1.08. The van der Waals surface area contributed by atoms with Crippen LogP contribution in [0.25, 0.3) is 0 Å². The third kappa shape index (κ3) is 2.46. The van der Waals surface area contributed by atoms with E-state index in [1.807, 2.05) is 0 Å². The Balaban J connectivity index is 1.64. The standard InChI is InChI=1S/C10H20N2/c1-9-8-12(7-5-11-9)6-4-10-2-3-10/h9-11H,2-8H2,1H3. The minimum atomic E-state index is 0.706. The van der Waals surface area contributed by atoms with E-state index in [0.717, 1.165) is 5.92 Å². The molecule has 2 rings (SSSR count). The van der Waals surface area contributed by atoms with Crippen molar-refractivity contribution in [1.29, 1.82) is 0 Å². The average molecular weight is 168 g/mol. The van der Waals surface area contributed by atoms with Crippen LogP contribution in [0.15, 0.2) is 0 Å². The lowest BCUT2D eigenvalue weighted by atomic mass is 10.2. The summed E-state index contributed by atoms with van der Waals surface area (Å²) in [7, 11) is 0. The monoisotopic (exact) mass is 168 g/mol. The van der Waals surface area contributed by atoms with Gasteiger partial charge in [-0.25, -0.2) is 0 Å². The molecule has 0 amide bonds. The van der Waals surface area contributed by atoms with Crippen molar-refractivity contribution in [2.45, 2.75) is 32.2 Å². The SMILES string of the molecule is CC1CN(CCC2CC2)CCN1. The topological polar surface area (TPSA) is 15.3 Å². The van der Waals surface area contributed by atoms with E-state index < -0.39 is 0 Å². The molecule has 12 heavy (non-hydrogen) atoms. The summed E-state index contributed by atoms with van der Waals surface area (Å²) in [6.45, 7) is 7.33. The quantitative estimate of drug-likeness (QED) is 0.678. The van der Waals surface area contributed by atoms with Crippen LogP contribution in [0, 0.1) is 5.92 Å². The smallest absolute Gasteiger partial charge is 0.0167 e. The molecule has 1 heterocycles. The lowest BCUT2D eigenvalue weighted by molar-refractivity contribution is 0.202. The molecule has 1 saturated carbocycles. The molecule has 2 nitrogen and oxygen atoms in total. The Hall–Kier alpha value is -0.0800. The molecule has 0 radical (unpaired) electrons. The second kappa shape index (κ2) is 3.75. The number of nitrogens with one attached hydrogen (secondary N) is 1. The summed E-state index contributed by atoms with van der Waals surface area (Å²) in [5.74, 6) is 1.09. The van der Waals surface area contributed by atoms with Gasteiger partial charge in [-0.05, 0) is 25.8 Å². The second-order valence-corrected chi connectivity index (χ2v) is 4.39. The van der Waals surface area contributed by atoms with E-state index in [-0.39, 0.29) is 0 Å². The van der Waals surface area contributed by atoms with Crippen molar-refractivity contribution in [2.24, 2.45) is 5.92 Å². The van der Waals surface area contributed by atoms with Crippen molar-refractivity contribution >= 4 is 0 Å². The van der Waals surface area contributed by atoms with Gasteiger partial charge in [0.15, 0.2) is 0 Å². The summed E-state index contributed by atoms with van der Waals surface area (Å²) < 4.78 is 0. The number of hydrogen-bond acceptors (Lipinski definition) is 2. The van der Waals surface area contributed by atoms with Gasteiger partial charge in [0, 0.05) is 25.7 Å². The van der Waals surface area contributed by atoms with Crippen molar-refractivity contribution in [3.63, 3.8) is 0 Å². The molecular weight excluding hydrogens is 148 g/mol. The van der Waals surface area contributed by atoms with Gasteiger partial charge < -0.3 is 10.2 Å². The Kier molecular flexibility index (Phi) is 2.66. The summed E-state index contributed by atoms with van der Waals surface area (Å²) in [5.41, 5.74) is 0. The number of rotatable bonds is 3. The predicted molar refractivity (Wildman–Crippen MR) is 51.2 cm³/mol. The van der Waals surface area contributed by atoms with Crippen molar-refractivity contribution in [2.75, 3.05) is 26.2 Å². The van der Waals surface area contributed by atoms with Crippen molar-refractivity contribution in [3.05, 3.63) is 0 Å². The molecule has 70 valence electrons. The van der Waals surface area contributed by atoms with E-state index in [4.69, 9.17) is 0 Å². The first-order chi connectivity index (χ1) is 5.84. The molecule has 0 spiro atoms. The van der Waals surface area contributed by atoms with Crippen molar-refractivity contribution in [3.8, 4) is 0 Å². The highest BCUT2D eigenvalue weighted by molar-refractivity contribution is 4.78. The summed E-state index contributed by atoms with van der Waals surface area (Å²) in [4.78, 5) is 2.61. The van der Waals surface area contributed by atoms with Crippen LogP contribution in [0.5, 0.6) is 0 Å². The Labute approximate surface area is 75.3 Å². The maximum atomic E-state index is 3.47. The van der Waals surface area contributed by atoms with E-state index in [2.05, 4.69) is 17.1 Å². The molecule has 1 N–H and O–H groups in total. The van der Waals surface area contributed by atoms with Gasteiger partial charge in [0.25, 0.3) is 0 Å². The van der Waals surface area contributed by atoms with Crippen LogP contribution < -0.4 is 5.32 Å². The third-order valence-electron chi connectivity index (χ3n) is 3.00. The number of hydrogen-bond donors (Lipinski definition) is 1. The zero-order valence-corrected chi connectivity index (χ0v) is 8.05. The van der Waals surface area contributed by atoms with Crippen molar-refractivity contribution in [1.82, 2.24) is 10.2 Å². The fourth-order valence-corrected chi connectivity index (χ4v) is 1.99. The largest absolute Gasteiger partial charge is 0.312 e. The molecule has 1 atom stereocenters. The minimum Gasteiger partial charge on any atom is -0.312 e. The van der Waals surface area contributed by atoms with Crippen LogP contribution in [-0.2, 0) is 0 Å². The lowest BCUT2D eigenvalue weighted by Gasteiger charge is -2.31. The summed E-state index contributed by atoms with van der Waals surface area (Å²) >= 11 is 0. The zero-order valence-electron chi connectivity index (χ0n) is 8.05. The summed E-state index contributed by atoms with van der Waals surface area (Å²) in [5, 5.41) is 3.47. The van der Waals surface area contributed by atoms with E-state index in [1.54, 1.807) is 0 Å². The first-order valence-corrected chi connectivity index (χ1v) is 5.30. The van der Waals surface area contributed by atoms with Gasteiger partial charge in [-0.2, -0.15) is 0 Å². The van der Waals surface area contributed by atoms with E-state index in [1.165, 1.54) is 45.4 Å². The van der Waals surface area contributed by atoms with Crippen LogP contribution in [0.4, 0.5) is 0 Å². The molecule has 2 heteroatoms. The normalized spacial score (nSPS) is 32.2. The Morgan fingerprint density at radius 1 is 1.42 bits per heavy atom. The highest BCUT2D eigenvalue weighted by atomic mass is 15.2. The highest BCUT2D eigenvalue weighted by Gasteiger charge is 2.23. The van der Waals surface area contributed by atoms with Crippen LogP contribution in [-0.4, -0.2) is 37.1 Å². The Morgan fingerprint density at radius 3 is 2.92 bits per heavy atom. The van der Waals surface area contributed by atoms with Gasteiger partial charge in [0.05, 0.1) is 0 Å². The number of piperazine rings is 1. The third-order valence-corrected chi connectivity index (χ3v) is 3.00. The molecule has 0 aromatic rings. The average Bonchev–Trinajstić information content (AvgIpc) is 2.84. The molecule has 0 bridgehead atoms. The Morgan fingerprint density at radius 2 is 2.25 bits per heavy atom. The zero-order chi connectivity index (χ0) is 8.39. The molecule has 1 aliphatic carbocycles. The molecule has 1 unspecified atom stereocenters. The van der Waals surface area contributed by atoms with Crippen LogP contribution in [0.2, 0.25) is 0 Å². The van der Waals surface area contributed by atoms with Gasteiger partial charge in [0.2, 0.25) is 0 Å². The second-order valence-electron chi connectivity index (χ2n) is 4.39. The molecule has 2 aliphatic rings. The minimum absolute atomic E-state index is 0.706. The maximum Gasteiger partial charge on any atom is 0.0167 e. The summed E-state index contributed by atoms with van der Waals surface area (Å²) in [6, 6.07) is 0.706. The van der Waals surface area contributed by atoms with E-state index in [0.29, 0.717) is 6.04 Å². The first-order valence-electron chi connectivity index (χ1n) is 5.30. The van der Waals surface area contributed by atoms with Crippen LogP contribution >= 0.6 is 0 Å². The Bertz CT molecular complexity index is 143. The summed E-state index contributed by atoms with van der Waals surface area (Å²) in [6.07, 6.45) is 4.45. The van der Waals surface area contributed by atoms with Crippen LogP contribution in [0.1, 0.15) is 26.2 Å². The van der Waals surface area contributed by atoms with Crippen molar-refractivity contribution < 1.29 is 0 Å². The number of nitrogens with zero attached hydrogens (tertiary/aromatic N) is 1. The highest BCUT2D eigenvalue weighted by Crippen LogP contribution is 2.32. The first kappa shape index (κ1) is 8.52. The molecule has 2 fully saturated rings. The van der Waals surface area contributed by atoms with Gasteiger partial charge in [-0.15, -0.1) is 0 Å². The van der Waals surface area contributed by atoms with E-state index in [9.17, 15) is 0 Å². The fraction of sp³-hybridized carbons (Fsp3) is 1.00. The molecule has 1 aliphatic heterocycles. The molecule has 0 aromatic carbocycles.